The van der Waals surface area contributed by atoms with E-state index in [4.69, 9.17) is 21.6 Å². The van der Waals surface area contributed by atoms with Crippen molar-refractivity contribution < 1.29 is 23.0 Å². The number of ether oxygens (including phenoxy) is 2. The number of hydrogen-bond acceptors (Lipinski definition) is 4. The van der Waals surface area contributed by atoms with Crippen molar-refractivity contribution in [3.05, 3.63) is 28.3 Å². The summed E-state index contributed by atoms with van der Waals surface area (Å²) < 4.78 is 34.1. The Kier molecular flexibility index (Phi) is 7.99. The Labute approximate surface area is 143 Å². The number of unbranched alkanes of at least 4 members (excludes halogenated alkanes) is 1. The lowest BCUT2D eigenvalue weighted by Crippen LogP contribution is -2.25. The van der Waals surface area contributed by atoms with E-state index in [9.17, 15) is 13.6 Å². The molecule has 0 bridgehead atoms. The highest BCUT2D eigenvalue weighted by molar-refractivity contribution is 6.32. The number of halogens is 3. The van der Waals surface area contributed by atoms with Crippen LogP contribution in [0.5, 0.6) is 11.5 Å². The highest BCUT2D eigenvalue weighted by Gasteiger charge is 2.16. The molecule has 0 atom stereocenters. The lowest BCUT2D eigenvalue weighted by Gasteiger charge is -2.12. The molecule has 0 saturated carbocycles. The number of amides is 1. The van der Waals surface area contributed by atoms with Crippen LogP contribution in [0.2, 0.25) is 5.02 Å². The van der Waals surface area contributed by atoms with Crippen LogP contribution in [-0.4, -0.2) is 26.2 Å². The number of nitrogens with zero attached hydrogens (tertiary/aromatic N) is 1. The first-order chi connectivity index (χ1) is 11.4. The Bertz CT molecular complexity index is 657. The molecule has 5 nitrogen and oxygen atoms in total. The average molecular weight is 359 g/mol. The van der Waals surface area contributed by atoms with Gasteiger partial charge in [-0.3, -0.25) is 4.79 Å². The number of rotatable bonds is 8. The maximum atomic E-state index is 12.4. The Morgan fingerprint density at radius 2 is 2.21 bits per heavy atom. The molecule has 24 heavy (non-hydrogen) atoms. The van der Waals surface area contributed by atoms with Crippen molar-refractivity contribution in [2.45, 2.75) is 26.4 Å². The topological polar surface area (TPSA) is 71.4 Å². The van der Waals surface area contributed by atoms with Crippen LogP contribution in [0.3, 0.4) is 0 Å². The standard InChI is InChI=1S/C16H17ClF2N2O3/c1-3-4-5-21-15(22)11(9-20)6-10-7-12(17)14(24-16(18)19)13(8-10)23-2/h6-8,16H,3-5H2,1-2H3,(H,21,22)/b11-6+. The molecule has 1 aromatic carbocycles. The average Bonchev–Trinajstić information content (AvgIpc) is 2.54. The molecule has 0 unspecified atom stereocenters. The number of benzene rings is 1. The molecule has 0 aliphatic heterocycles. The van der Waals surface area contributed by atoms with Gasteiger partial charge in [0, 0.05) is 6.54 Å². The molecule has 0 aliphatic rings. The van der Waals surface area contributed by atoms with E-state index in [1.165, 1.54) is 25.3 Å². The van der Waals surface area contributed by atoms with Crippen molar-refractivity contribution in [2.75, 3.05) is 13.7 Å². The first-order valence-corrected chi connectivity index (χ1v) is 7.53. The Morgan fingerprint density at radius 3 is 2.75 bits per heavy atom. The molecular formula is C16H17ClF2N2O3. The van der Waals surface area contributed by atoms with Crippen LogP contribution >= 0.6 is 11.6 Å². The fraction of sp³-hybridized carbons (Fsp3) is 0.375. The summed E-state index contributed by atoms with van der Waals surface area (Å²) in [6.45, 7) is -0.624. The fourth-order valence-corrected chi connectivity index (χ4v) is 2.08. The highest BCUT2D eigenvalue weighted by Crippen LogP contribution is 2.37. The number of nitriles is 1. The second-order valence-electron chi connectivity index (χ2n) is 4.69. The second kappa shape index (κ2) is 9.73. The summed E-state index contributed by atoms with van der Waals surface area (Å²) in [6, 6.07) is 4.45. The SMILES string of the molecule is CCCCNC(=O)/C(C#N)=C/c1cc(Cl)c(OC(F)F)c(OC)c1. The van der Waals surface area contributed by atoms with Gasteiger partial charge in [-0.2, -0.15) is 14.0 Å². The summed E-state index contributed by atoms with van der Waals surface area (Å²) in [5.41, 5.74) is 0.215. The second-order valence-corrected chi connectivity index (χ2v) is 5.10. The molecule has 0 spiro atoms. The van der Waals surface area contributed by atoms with Crippen molar-refractivity contribution in [1.29, 1.82) is 5.26 Å². The van der Waals surface area contributed by atoms with E-state index in [1.807, 2.05) is 6.92 Å². The first-order valence-electron chi connectivity index (χ1n) is 7.15. The number of nitrogens with one attached hydrogen (secondary N) is 1. The van der Waals surface area contributed by atoms with Crippen LogP contribution in [0, 0.1) is 11.3 Å². The quantitative estimate of drug-likeness (QED) is 0.436. The maximum Gasteiger partial charge on any atom is 0.387 e. The van der Waals surface area contributed by atoms with Gasteiger partial charge in [0.05, 0.1) is 12.1 Å². The number of carbonyl (C=O) groups excluding carboxylic acids is 1. The molecule has 0 aliphatic carbocycles. The maximum absolute atomic E-state index is 12.4. The molecule has 0 saturated heterocycles. The van der Waals surface area contributed by atoms with Gasteiger partial charge >= 0.3 is 6.61 Å². The van der Waals surface area contributed by atoms with Crippen molar-refractivity contribution in [2.24, 2.45) is 0 Å². The summed E-state index contributed by atoms with van der Waals surface area (Å²) in [5, 5.41) is 11.6. The molecule has 1 N–H and O–H groups in total. The van der Waals surface area contributed by atoms with Gasteiger partial charge in [0.15, 0.2) is 11.5 Å². The highest BCUT2D eigenvalue weighted by atomic mass is 35.5. The smallest absolute Gasteiger partial charge is 0.387 e. The van der Waals surface area contributed by atoms with E-state index >= 15 is 0 Å². The van der Waals surface area contributed by atoms with Gasteiger partial charge in [0.25, 0.3) is 5.91 Å². The predicted molar refractivity (Wildman–Crippen MR) is 86.1 cm³/mol. The Balaban J connectivity index is 3.10. The Morgan fingerprint density at radius 1 is 1.50 bits per heavy atom. The van der Waals surface area contributed by atoms with Crippen molar-refractivity contribution >= 4 is 23.6 Å². The van der Waals surface area contributed by atoms with E-state index in [1.54, 1.807) is 6.07 Å². The number of carbonyl (C=O) groups is 1. The summed E-state index contributed by atoms with van der Waals surface area (Å²) in [4.78, 5) is 11.9. The van der Waals surface area contributed by atoms with Crippen LogP contribution in [0.1, 0.15) is 25.3 Å². The molecule has 130 valence electrons. The van der Waals surface area contributed by atoms with Crippen LogP contribution in [0.25, 0.3) is 6.08 Å². The van der Waals surface area contributed by atoms with Crippen molar-refractivity contribution in [1.82, 2.24) is 5.32 Å². The molecule has 1 rings (SSSR count). The molecular weight excluding hydrogens is 342 g/mol. The predicted octanol–water partition coefficient (Wildman–Crippen LogP) is 3.77. The van der Waals surface area contributed by atoms with Crippen LogP contribution in [0.15, 0.2) is 17.7 Å². The van der Waals surface area contributed by atoms with Gasteiger partial charge in [0.2, 0.25) is 0 Å². The molecule has 1 aromatic rings. The third kappa shape index (κ3) is 5.70. The molecule has 1 amide bonds. The summed E-state index contributed by atoms with van der Waals surface area (Å²) >= 11 is 5.91. The monoisotopic (exact) mass is 358 g/mol. The van der Waals surface area contributed by atoms with E-state index in [2.05, 4.69) is 10.1 Å². The molecule has 0 fully saturated rings. The van der Waals surface area contributed by atoms with Crippen molar-refractivity contribution in [3.8, 4) is 17.6 Å². The van der Waals surface area contributed by atoms with Gasteiger partial charge in [-0.05, 0) is 30.2 Å². The fourth-order valence-electron chi connectivity index (χ4n) is 1.82. The van der Waals surface area contributed by atoms with Gasteiger partial charge in [-0.25, -0.2) is 0 Å². The third-order valence-electron chi connectivity index (χ3n) is 2.95. The largest absolute Gasteiger partial charge is 0.493 e. The van der Waals surface area contributed by atoms with Crippen LogP contribution in [-0.2, 0) is 4.79 Å². The van der Waals surface area contributed by atoms with Crippen LogP contribution in [0.4, 0.5) is 8.78 Å². The lowest BCUT2D eigenvalue weighted by molar-refractivity contribution is -0.117. The Hall–Kier alpha value is -2.33. The van der Waals surface area contributed by atoms with E-state index < -0.39 is 12.5 Å². The van der Waals surface area contributed by atoms with Gasteiger partial charge in [-0.15, -0.1) is 0 Å². The summed E-state index contributed by atoms with van der Waals surface area (Å²) in [6.07, 6.45) is 3.00. The minimum atomic E-state index is -3.06. The zero-order valence-electron chi connectivity index (χ0n) is 13.2. The third-order valence-corrected chi connectivity index (χ3v) is 3.23. The number of hydrogen-bond donors (Lipinski definition) is 1. The molecule has 8 heteroatoms. The van der Waals surface area contributed by atoms with Crippen LogP contribution < -0.4 is 14.8 Å². The number of alkyl halides is 2. The van der Waals surface area contributed by atoms with Crippen molar-refractivity contribution in [3.63, 3.8) is 0 Å². The molecule has 0 heterocycles. The normalized spacial score (nSPS) is 11.1. The van der Waals surface area contributed by atoms with E-state index in [-0.39, 0.29) is 22.1 Å². The zero-order chi connectivity index (χ0) is 18.1. The zero-order valence-corrected chi connectivity index (χ0v) is 14.0. The molecule has 0 aromatic heterocycles. The van der Waals surface area contributed by atoms with Gasteiger partial charge in [-0.1, -0.05) is 24.9 Å². The minimum Gasteiger partial charge on any atom is -0.493 e. The van der Waals surface area contributed by atoms with Gasteiger partial charge < -0.3 is 14.8 Å². The van der Waals surface area contributed by atoms with E-state index in [0.717, 1.165) is 12.8 Å². The number of methoxy groups -OCH3 is 1. The first kappa shape index (κ1) is 19.7. The van der Waals surface area contributed by atoms with E-state index in [0.29, 0.717) is 12.1 Å². The van der Waals surface area contributed by atoms with Gasteiger partial charge in [0.1, 0.15) is 11.6 Å². The lowest BCUT2D eigenvalue weighted by atomic mass is 10.1. The minimum absolute atomic E-state index is 0.0299. The molecule has 0 radical (unpaired) electrons. The summed E-state index contributed by atoms with van der Waals surface area (Å²) in [7, 11) is 1.26. The summed E-state index contributed by atoms with van der Waals surface area (Å²) in [5.74, 6) is -0.858.